The highest BCUT2D eigenvalue weighted by Gasteiger charge is 2.25. The number of nitrogens with one attached hydrogen (secondary N) is 2. The van der Waals surface area contributed by atoms with Gasteiger partial charge < -0.3 is 16.4 Å². The smallest absolute Gasteiger partial charge is 0.222 e. The first-order valence-electron chi connectivity index (χ1n) is 7.84. The summed E-state index contributed by atoms with van der Waals surface area (Å²) in [6.45, 7) is 6.21. The number of nitrogen functional groups attached to an aromatic ring is 1. The van der Waals surface area contributed by atoms with Crippen molar-refractivity contribution >= 4 is 28.7 Å². The van der Waals surface area contributed by atoms with Gasteiger partial charge in [-0.05, 0) is 25.5 Å². The number of hydrogen-bond acceptors (Lipinski definition) is 6. The Kier molecular flexibility index (Phi) is 5.31. The van der Waals surface area contributed by atoms with E-state index in [0.29, 0.717) is 23.4 Å². The number of aromatic nitrogens is 3. The molecule has 23 heavy (non-hydrogen) atoms. The predicted molar refractivity (Wildman–Crippen MR) is 92.0 cm³/mol. The zero-order valence-electron chi connectivity index (χ0n) is 13.9. The Morgan fingerprint density at radius 1 is 1.39 bits per heavy atom. The van der Waals surface area contributed by atoms with Crippen molar-refractivity contribution < 1.29 is 4.79 Å². The van der Waals surface area contributed by atoms with Crippen LogP contribution >= 0.6 is 0 Å². The Morgan fingerprint density at radius 2 is 2.17 bits per heavy atom. The van der Waals surface area contributed by atoms with E-state index in [1.807, 2.05) is 12.1 Å². The second kappa shape index (κ2) is 7.21. The number of carbonyl (C=O) groups is 1. The minimum absolute atomic E-state index is 0.0558. The third-order valence-corrected chi connectivity index (χ3v) is 3.70. The average molecular weight is 316 g/mol. The first-order valence-corrected chi connectivity index (χ1v) is 7.84. The number of hydrogen-bond donors (Lipinski definition) is 3. The lowest BCUT2D eigenvalue weighted by molar-refractivity contribution is -0.119. The van der Waals surface area contributed by atoms with Gasteiger partial charge in [-0.15, -0.1) is 0 Å². The van der Waals surface area contributed by atoms with Crippen molar-refractivity contribution in [1.82, 2.24) is 20.3 Å². The van der Waals surface area contributed by atoms with Gasteiger partial charge in [0.1, 0.15) is 5.52 Å². The summed E-state index contributed by atoms with van der Waals surface area (Å²) in [5.41, 5.74) is 6.83. The Bertz CT molecular complexity index is 689. The third kappa shape index (κ3) is 4.51. The number of fused-ring (bicyclic) bond motifs is 1. The minimum Gasteiger partial charge on any atom is -0.368 e. The number of pyridine rings is 1. The molecular formula is C16H24N6O. The standard InChI is InChI=1S/C16H24N6O/c1-4-5-8-16(3,10-19-11(2)23)22-14-13-12(7-6-9-18-13)20-15(17)21-14/h6-7,9H,4-5,8,10H2,1-3H3,(H,19,23)(H3,17,20,21,22)/t16-/m1/s1. The maximum absolute atomic E-state index is 11.3. The normalized spacial score (nSPS) is 13.5. The fraction of sp³-hybridized carbons (Fsp3) is 0.500. The molecule has 0 aliphatic carbocycles. The largest absolute Gasteiger partial charge is 0.368 e. The van der Waals surface area contributed by atoms with Crippen LogP contribution < -0.4 is 16.4 Å². The molecule has 1 amide bonds. The molecule has 7 nitrogen and oxygen atoms in total. The number of amides is 1. The molecule has 2 aromatic rings. The lowest BCUT2D eigenvalue weighted by Crippen LogP contribution is -2.46. The monoisotopic (exact) mass is 316 g/mol. The summed E-state index contributed by atoms with van der Waals surface area (Å²) >= 11 is 0. The Labute approximate surface area is 136 Å². The molecule has 2 rings (SSSR count). The van der Waals surface area contributed by atoms with Crippen LogP contribution in [0.25, 0.3) is 11.0 Å². The van der Waals surface area contributed by atoms with E-state index in [2.05, 4.69) is 39.4 Å². The summed E-state index contributed by atoms with van der Waals surface area (Å²) in [4.78, 5) is 24.1. The summed E-state index contributed by atoms with van der Waals surface area (Å²) in [5, 5.41) is 6.30. The van der Waals surface area contributed by atoms with Crippen LogP contribution in [0.15, 0.2) is 18.3 Å². The van der Waals surface area contributed by atoms with Crippen molar-refractivity contribution in [2.75, 3.05) is 17.6 Å². The number of rotatable bonds is 7. The number of nitrogens with two attached hydrogens (primary N) is 1. The van der Waals surface area contributed by atoms with E-state index in [1.54, 1.807) is 6.20 Å². The molecule has 0 spiro atoms. The summed E-state index contributed by atoms with van der Waals surface area (Å²) < 4.78 is 0. The molecule has 1 atom stereocenters. The van der Waals surface area contributed by atoms with Crippen molar-refractivity contribution in [1.29, 1.82) is 0 Å². The molecule has 7 heteroatoms. The van der Waals surface area contributed by atoms with E-state index < -0.39 is 0 Å². The molecule has 2 aromatic heterocycles. The van der Waals surface area contributed by atoms with Crippen LogP contribution in [0, 0.1) is 0 Å². The van der Waals surface area contributed by atoms with Gasteiger partial charge in [-0.3, -0.25) is 9.78 Å². The van der Waals surface area contributed by atoms with E-state index >= 15 is 0 Å². The van der Waals surface area contributed by atoms with Gasteiger partial charge in [0.15, 0.2) is 5.82 Å². The minimum atomic E-state index is -0.340. The molecule has 0 bridgehead atoms. The van der Waals surface area contributed by atoms with Crippen LogP contribution in [0.3, 0.4) is 0 Å². The molecule has 0 saturated heterocycles. The average Bonchev–Trinajstić information content (AvgIpc) is 2.51. The molecule has 0 saturated carbocycles. The number of carbonyl (C=O) groups excluding carboxylic acids is 1. The van der Waals surface area contributed by atoms with E-state index in [4.69, 9.17) is 5.73 Å². The Balaban J connectivity index is 2.33. The zero-order valence-corrected chi connectivity index (χ0v) is 13.9. The molecule has 0 fully saturated rings. The second-order valence-electron chi connectivity index (χ2n) is 6.00. The van der Waals surface area contributed by atoms with Crippen molar-refractivity contribution in [2.45, 2.75) is 45.6 Å². The van der Waals surface area contributed by atoms with Crippen LogP contribution in [0.1, 0.15) is 40.0 Å². The fourth-order valence-corrected chi connectivity index (χ4v) is 2.44. The summed E-state index contributed by atoms with van der Waals surface area (Å²) in [6, 6.07) is 3.66. The SMILES string of the molecule is CCCC[C@](C)(CNC(C)=O)Nc1nc(N)nc2cccnc12. The van der Waals surface area contributed by atoms with Crippen molar-refractivity contribution in [2.24, 2.45) is 0 Å². The zero-order chi connectivity index (χ0) is 16.9. The summed E-state index contributed by atoms with van der Waals surface area (Å²) in [7, 11) is 0. The highest BCUT2D eigenvalue weighted by molar-refractivity contribution is 5.86. The van der Waals surface area contributed by atoms with E-state index in [0.717, 1.165) is 19.3 Å². The van der Waals surface area contributed by atoms with E-state index in [-0.39, 0.29) is 17.4 Å². The third-order valence-electron chi connectivity index (χ3n) is 3.70. The molecule has 0 aromatic carbocycles. The number of nitrogens with zero attached hydrogens (tertiary/aromatic N) is 3. The van der Waals surface area contributed by atoms with Crippen LogP contribution in [0.2, 0.25) is 0 Å². The first-order chi connectivity index (χ1) is 10.9. The van der Waals surface area contributed by atoms with Crippen LogP contribution in [0.5, 0.6) is 0 Å². The molecule has 2 heterocycles. The molecule has 0 radical (unpaired) electrons. The van der Waals surface area contributed by atoms with Crippen molar-refractivity contribution in [3.63, 3.8) is 0 Å². The van der Waals surface area contributed by atoms with Gasteiger partial charge in [0.25, 0.3) is 0 Å². The maximum atomic E-state index is 11.3. The van der Waals surface area contributed by atoms with Crippen LogP contribution in [-0.4, -0.2) is 32.9 Å². The van der Waals surface area contributed by atoms with Gasteiger partial charge in [0.2, 0.25) is 11.9 Å². The Hall–Kier alpha value is -2.44. The van der Waals surface area contributed by atoms with Crippen LogP contribution in [-0.2, 0) is 4.79 Å². The predicted octanol–water partition coefficient (Wildman–Crippen LogP) is 2.10. The molecule has 0 aliphatic rings. The molecular weight excluding hydrogens is 292 g/mol. The van der Waals surface area contributed by atoms with Gasteiger partial charge >= 0.3 is 0 Å². The van der Waals surface area contributed by atoms with Crippen LogP contribution in [0.4, 0.5) is 11.8 Å². The van der Waals surface area contributed by atoms with Gasteiger partial charge in [-0.25, -0.2) is 4.98 Å². The topological polar surface area (TPSA) is 106 Å². The lowest BCUT2D eigenvalue weighted by atomic mass is 9.94. The van der Waals surface area contributed by atoms with Gasteiger partial charge in [0, 0.05) is 19.7 Å². The van der Waals surface area contributed by atoms with Crippen molar-refractivity contribution in [3.05, 3.63) is 18.3 Å². The van der Waals surface area contributed by atoms with Crippen molar-refractivity contribution in [3.8, 4) is 0 Å². The van der Waals surface area contributed by atoms with E-state index in [9.17, 15) is 4.79 Å². The second-order valence-corrected chi connectivity index (χ2v) is 6.00. The quantitative estimate of drug-likeness (QED) is 0.722. The summed E-state index contributed by atoms with van der Waals surface area (Å²) in [5.74, 6) is 0.738. The van der Waals surface area contributed by atoms with Gasteiger partial charge in [-0.2, -0.15) is 4.98 Å². The summed E-state index contributed by atoms with van der Waals surface area (Å²) in [6.07, 6.45) is 4.70. The Morgan fingerprint density at radius 3 is 2.87 bits per heavy atom. The van der Waals surface area contributed by atoms with E-state index in [1.165, 1.54) is 6.92 Å². The number of unbranched alkanes of at least 4 members (excludes halogenated alkanes) is 1. The molecule has 4 N–H and O–H groups in total. The fourth-order valence-electron chi connectivity index (χ4n) is 2.44. The maximum Gasteiger partial charge on any atom is 0.222 e. The molecule has 124 valence electrons. The highest BCUT2D eigenvalue weighted by atomic mass is 16.1. The van der Waals surface area contributed by atoms with Gasteiger partial charge in [0.05, 0.1) is 11.1 Å². The number of anilines is 2. The molecule has 0 unspecified atom stereocenters. The highest BCUT2D eigenvalue weighted by Crippen LogP contribution is 2.24. The van der Waals surface area contributed by atoms with Gasteiger partial charge in [-0.1, -0.05) is 19.8 Å². The lowest BCUT2D eigenvalue weighted by Gasteiger charge is -2.32. The first kappa shape index (κ1) is 16.9. The molecule has 0 aliphatic heterocycles.